The molecular formula is C21H27NO4S2. The summed E-state index contributed by atoms with van der Waals surface area (Å²) in [5.41, 5.74) is 0.511. The minimum Gasteiger partial charge on any atom is -0.480 e. The molecule has 1 N–H and O–H groups in total. The van der Waals surface area contributed by atoms with Crippen LogP contribution in [0.15, 0.2) is 30.3 Å². The van der Waals surface area contributed by atoms with E-state index in [1.807, 2.05) is 6.07 Å². The van der Waals surface area contributed by atoms with E-state index in [-0.39, 0.29) is 17.1 Å². The molecule has 1 aliphatic heterocycles. The Labute approximate surface area is 175 Å². The molecule has 152 valence electrons. The summed E-state index contributed by atoms with van der Waals surface area (Å²) < 4.78 is 0. The third-order valence-electron chi connectivity index (χ3n) is 5.82. The molecule has 4 atom stereocenters. The normalized spacial score (nSPS) is 25.3. The van der Waals surface area contributed by atoms with Crippen LogP contribution in [0, 0.1) is 11.8 Å². The fourth-order valence-electron chi connectivity index (χ4n) is 4.15. The van der Waals surface area contributed by atoms with E-state index in [9.17, 15) is 19.5 Å². The average Bonchev–Trinajstić information content (AvgIpc) is 3.18. The molecule has 28 heavy (non-hydrogen) atoms. The molecule has 0 aromatic heterocycles. The van der Waals surface area contributed by atoms with Gasteiger partial charge in [0.15, 0.2) is 5.78 Å². The number of Topliss-reactive ketones (excluding diaryl/α,β-unsaturated/α-hetero) is 1. The Hall–Kier alpha value is -1.47. The number of carbonyl (C=O) groups is 3. The Morgan fingerprint density at radius 2 is 1.79 bits per heavy atom. The maximum Gasteiger partial charge on any atom is 0.327 e. The summed E-state index contributed by atoms with van der Waals surface area (Å²) in [6, 6.07) is 7.96. The lowest BCUT2D eigenvalue weighted by Gasteiger charge is -2.36. The largest absolute Gasteiger partial charge is 0.480 e. The first kappa shape index (κ1) is 21.2. The van der Waals surface area contributed by atoms with Crippen molar-refractivity contribution in [2.45, 2.75) is 55.7 Å². The summed E-state index contributed by atoms with van der Waals surface area (Å²) in [5, 5.41) is 8.74. The first-order valence-corrected chi connectivity index (χ1v) is 11.4. The third kappa shape index (κ3) is 4.40. The van der Waals surface area contributed by atoms with Crippen molar-refractivity contribution in [3.05, 3.63) is 35.9 Å². The monoisotopic (exact) mass is 421 g/mol. The highest BCUT2D eigenvalue weighted by molar-refractivity contribution is 8.00. The van der Waals surface area contributed by atoms with E-state index in [0.717, 1.165) is 25.7 Å². The molecular weight excluding hydrogens is 394 g/mol. The molecule has 1 aliphatic carbocycles. The van der Waals surface area contributed by atoms with Crippen molar-refractivity contribution in [1.29, 1.82) is 0 Å². The van der Waals surface area contributed by atoms with Crippen LogP contribution in [0.1, 0.15) is 49.4 Å². The number of hydrogen-bond donors (Lipinski definition) is 2. The van der Waals surface area contributed by atoms with E-state index in [1.165, 1.54) is 6.42 Å². The smallest absolute Gasteiger partial charge is 0.327 e. The van der Waals surface area contributed by atoms with Gasteiger partial charge in [0.25, 0.3) is 0 Å². The molecule has 1 saturated heterocycles. The number of benzene rings is 1. The van der Waals surface area contributed by atoms with Crippen LogP contribution in [0.4, 0.5) is 0 Å². The fourth-order valence-corrected chi connectivity index (χ4v) is 6.06. The average molecular weight is 422 g/mol. The summed E-state index contributed by atoms with van der Waals surface area (Å²) in [6.07, 6.45) is 5.49. The zero-order chi connectivity index (χ0) is 20.3. The van der Waals surface area contributed by atoms with E-state index in [0.29, 0.717) is 17.2 Å². The lowest BCUT2D eigenvalue weighted by molar-refractivity contribution is -0.151. The molecule has 0 radical (unpaired) electrons. The van der Waals surface area contributed by atoms with Crippen molar-refractivity contribution in [3.63, 3.8) is 0 Å². The lowest BCUT2D eigenvalue weighted by atomic mass is 9.88. The summed E-state index contributed by atoms with van der Waals surface area (Å²) in [6.45, 7) is 1.68. The van der Waals surface area contributed by atoms with Crippen LogP contribution >= 0.6 is 24.4 Å². The number of hydrogen-bond acceptors (Lipinski definition) is 5. The second-order valence-corrected chi connectivity index (χ2v) is 9.39. The van der Waals surface area contributed by atoms with E-state index >= 15 is 0 Å². The maximum absolute atomic E-state index is 13.3. The predicted molar refractivity (Wildman–Crippen MR) is 114 cm³/mol. The molecule has 1 heterocycles. The SMILES string of the molecule is CC(C(=O)N1C(C2CCCCC2)SC[C@H]1C(=O)O)C(S)C(=O)c1ccccc1. The van der Waals surface area contributed by atoms with Gasteiger partial charge in [0.2, 0.25) is 5.91 Å². The highest BCUT2D eigenvalue weighted by Crippen LogP contribution is 2.41. The summed E-state index contributed by atoms with van der Waals surface area (Å²) in [4.78, 5) is 39.4. The van der Waals surface area contributed by atoms with Crippen LogP contribution in [0.3, 0.4) is 0 Å². The van der Waals surface area contributed by atoms with E-state index in [4.69, 9.17) is 0 Å². The van der Waals surface area contributed by atoms with Gasteiger partial charge < -0.3 is 10.0 Å². The first-order chi connectivity index (χ1) is 13.4. The summed E-state index contributed by atoms with van der Waals surface area (Å²) in [7, 11) is 0. The molecule has 3 unspecified atom stereocenters. The summed E-state index contributed by atoms with van der Waals surface area (Å²) in [5.74, 6) is -1.43. The van der Waals surface area contributed by atoms with Crippen LogP contribution in [0.25, 0.3) is 0 Å². The van der Waals surface area contributed by atoms with Crippen LogP contribution in [0.2, 0.25) is 0 Å². The Balaban J connectivity index is 1.79. The van der Waals surface area contributed by atoms with Gasteiger partial charge in [-0.05, 0) is 18.8 Å². The second-order valence-electron chi connectivity index (χ2n) is 7.69. The number of carboxylic acid groups (broad SMARTS) is 1. The van der Waals surface area contributed by atoms with Crippen molar-refractivity contribution in [1.82, 2.24) is 4.90 Å². The van der Waals surface area contributed by atoms with Crippen LogP contribution in [-0.4, -0.2) is 50.1 Å². The highest BCUT2D eigenvalue weighted by atomic mass is 32.2. The van der Waals surface area contributed by atoms with Gasteiger partial charge in [-0.2, -0.15) is 12.6 Å². The maximum atomic E-state index is 13.3. The molecule has 2 fully saturated rings. The lowest BCUT2D eigenvalue weighted by Crippen LogP contribution is -2.51. The molecule has 1 aromatic rings. The number of ketones is 1. The van der Waals surface area contributed by atoms with Crippen LogP contribution in [0.5, 0.6) is 0 Å². The predicted octanol–water partition coefficient (Wildman–Crippen LogP) is 3.74. The molecule has 1 amide bonds. The number of carbonyl (C=O) groups excluding carboxylic acids is 2. The highest BCUT2D eigenvalue weighted by Gasteiger charge is 2.47. The van der Waals surface area contributed by atoms with E-state index in [1.54, 1.807) is 47.9 Å². The molecule has 3 rings (SSSR count). The molecule has 5 nitrogen and oxygen atoms in total. The topological polar surface area (TPSA) is 74.7 Å². The fraction of sp³-hybridized carbons (Fsp3) is 0.571. The molecule has 0 bridgehead atoms. The number of carboxylic acids is 1. The quantitative estimate of drug-likeness (QED) is 0.541. The minimum absolute atomic E-state index is 0.122. The minimum atomic E-state index is -0.976. The number of thiol groups is 1. The standard InChI is InChI=1S/C21H27NO4S2/c1-13(18(27)17(23)14-8-4-2-5-9-14)19(24)22-16(21(25)26)12-28-20(22)15-10-6-3-7-11-15/h2,4-5,8-9,13,15-16,18,20,27H,3,6-7,10-12H2,1H3,(H,25,26)/t13?,16-,18?,20?/m0/s1. The van der Waals surface area contributed by atoms with E-state index < -0.39 is 23.2 Å². The molecule has 1 aromatic carbocycles. The van der Waals surface area contributed by atoms with Gasteiger partial charge in [0.1, 0.15) is 6.04 Å². The van der Waals surface area contributed by atoms with Gasteiger partial charge in [-0.25, -0.2) is 4.79 Å². The van der Waals surface area contributed by atoms with Gasteiger partial charge in [-0.1, -0.05) is 56.5 Å². The Morgan fingerprint density at radius 1 is 1.14 bits per heavy atom. The molecule has 1 saturated carbocycles. The van der Waals surface area contributed by atoms with Crippen molar-refractivity contribution in [2.24, 2.45) is 11.8 Å². The first-order valence-electron chi connectivity index (χ1n) is 9.85. The Bertz CT molecular complexity index is 720. The number of rotatable bonds is 6. The zero-order valence-electron chi connectivity index (χ0n) is 16.0. The number of nitrogens with zero attached hydrogens (tertiary/aromatic N) is 1. The zero-order valence-corrected chi connectivity index (χ0v) is 17.7. The van der Waals surface area contributed by atoms with Crippen molar-refractivity contribution >= 4 is 42.1 Å². The number of aliphatic carboxylic acids is 1. The second kappa shape index (κ2) is 9.35. The summed E-state index contributed by atoms with van der Waals surface area (Å²) >= 11 is 6.02. The molecule has 2 aliphatic rings. The van der Waals surface area contributed by atoms with Crippen molar-refractivity contribution in [3.8, 4) is 0 Å². The van der Waals surface area contributed by atoms with Gasteiger partial charge in [-0.3, -0.25) is 9.59 Å². The van der Waals surface area contributed by atoms with Gasteiger partial charge >= 0.3 is 5.97 Å². The van der Waals surface area contributed by atoms with Gasteiger partial charge in [0.05, 0.1) is 16.5 Å². The Kier molecular flexibility index (Phi) is 7.10. The Morgan fingerprint density at radius 3 is 2.39 bits per heavy atom. The third-order valence-corrected chi connectivity index (χ3v) is 7.96. The van der Waals surface area contributed by atoms with Crippen LogP contribution < -0.4 is 0 Å². The van der Waals surface area contributed by atoms with Gasteiger partial charge in [-0.15, -0.1) is 11.8 Å². The number of amides is 1. The number of thioether (sulfide) groups is 1. The van der Waals surface area contributed by atoms with Crippen LogP contribution in [-0.2, 0) is 9.59 Å². The van der Waals surface area contributed by atoms with E-state index in [2.05, 4.69) is 12.6 Å². The van der Waals surface area contributed by atoms with Crippen molar-refractivity contribution < 1.29 is 19.5 Å². The van der Waals surface area contributed by atoms with Gasteiger partial charge in [0, 0.05) is 11.3 Å². The molecule has 0 spiro atoms. The molecule has 7 heteroatoms. The van der Waals surface area contributed by atoms with Crippen molar-refractivity contribution in [2.75, 3.05) is 5.75 Å².